The Kier molecular flexibility index (Phi) is 5.33. The summed E-state index contributed by atoms with van der Waals surface area (Å²) in [5, 5.41) is 3.92. The summed E-state index contributed by atoms with van der Waals surface area (Å²) in [5.41, 5.74) is 2.64. The number of hydrogen-bond donors (Lipinski definition) is 1. The summed E-state index contributed by atoms with van der Waals surface area (Å²) < 4.78 is 42.0. The van der Waals surface area contributed by atoms with Gasteiger partial charge in [0, 0.05) is 35.8 Å². The van der Waals surface area contributed by atoms with E-state index in [0.717, 1.165) is 41.3 Å². The van der Waals surface area contributed by atoms with Gasteiger partial charge in [0.1, 0.15) is 23.2 Å². The van der Waals surface area contributed by atoms with Crippen molar-refractivity contribution in [3.63, 3.8) is 0 Å². The molecule has 0 amide bonds. The number of fused-ring (bicyclic) bond motifs is 1. The van der Waals surface area contributed by atoms with Crippen LogP contribution in [0, 0.1) is 0 Å². The lowest BCUT2D eigenvalue weighted by atomic mass is 9.99. The van der Waals surface area contributed by atoms with Crippen molar-refractivity contribution in [2.75, 3.05) is 16.8 Å². The Morgan fingerprint density at radius 3 is 2.62 bits per heavy atom. The van der Waals surface area contributed by atoms with Crippen molar-refractivity contribution in [3.8, 4) is 5.75 Å². The largest absolute Gasteiger partial charge is 0.573 e. The van der Waals surface area contributed by atoms with Crippen LogP contribution in [-0.4, -0.2) is 22.9 Å². The number of rotatable bonds is 5. The van der Waals surface area contributed by atoms with Crippen molar-refractivity contribution < 1.29 is 17.9 Å². The average Bonchev–Trinajstić information content (AvgIpc) is 3.57. The van der Waals surface area contributed by atoms with Crippen LogP contribution in [-0.2, 0) is 13.0 Å². The third-order valence-electron chi connectivity index (χ3n) is 5.52. The van der Waals surface area contributed by atoms with Gasteiger partial charge in [-0.15, -0.1) is 13.2 Å². The number of benzene rings is 2. The van der Waals surface area contributed by atoms with Gasteiger partial charge in [-0.3, -0.25) is 0 Å². The van der Waals surface area contributed by atoms with E-state index in [1.807, 2.05) is 24.3 Å². The molecule has 2 heterocycles. The Bertz CT molecular complexity index is 1150. The molecule has 9 heteroatoms. The summed E-state index contributed by atoms with van der Waals surface area (Å²) in [4.78, 5) is 11.5. The van der Waals surface area contributed by atoms with Crippen molar-refractivity contribution in [1.29, 1.82) is 0 Å². The van der Waals surface area contributed by atoms with Crippen LogP contribution in [0.4, 0.5) is 30.5 Å². The number of hydrogen-bond acceptors (Lipinski definition) is 5. The maximum atomic E-state index is 12.6. The van der Waals surface area contributed by atoms with E-state index in [0.29, 0.717) is 36.3 Å². The van der Waals surface area contributed by atoms with Crippen LogP contribution in [0.2, 0.25) is 5.02 Å². The van der Waals surface area contributed by atoms with E-state index in [4.69, 9.17) is 16.6 Å². The standard InChI is InChI=1S/C23H20ClF3N4O/c24-17-2-1-3-18(11-17)28-20-12-21(30-22(29-20)15-4-5-15)31-9-8-14-6-7-19(10-16(14)13-31)32-23(25,26)27/h1-3,6-7,10-12,15H,4-5,8-9,13H2,(H,28,29,30). The zero-order valence-electron chi connectivity index (χ0n) is 17.0. The summed E-state index contributed by atoms with van der Waals surface area (Å²) in [5.74, 6) is 2.34. The Labute approximate surface area is 188 Å². The van der Waals surface area contributed by atoms with Gasteiger partial charge >= 0.3 is 6.36 Å². The molecule has 0 radical (unpaired) electrons. The van der Waals surface area contributed by atoms with Crippen molar-refractivity contribution in [2.45, 2.75) is 38.1 Å². The molecule has 5 rings (SSSR count). The maximum absolute atomic E-state index is 12.6. The van der Waals surface area contributed by atoms with Crippen LogP contribution < -0.4 is 15.0 Å². The second-order valence-electron chi connectivity index (χ2n) is 8.03. The molecule has 5 nitrogen and oxygen atoms in total. The minimum Gasteiger partial charge on any atom is -0.406 e. The smallest absolute Gasteiger partial charge is 0.406 e. The number of ether oxygens (including phenoxy) is 1. The van der Waals surface area contributed by atoms with Crippen LogP contribution >= 0.6 is 11.6 Å². The van der Waals surface area contributed by atoms with Crippen LogP contribution in [0.5, 0.6) is 5.75 Å². The lowest BCUT2D eigenvalue weighted by molar-refractivity contribution is -0.274. The van der Waals surface area contributed by atoms with Gasteiger partial charge in [-0.25, -0.2) is 9.97 Å². The molecule has 2 aromatic carbocycles. The van der Waals surface area contributed by atoms with Gasteiger partial charge < -0.3 is 15.0 Å². The molecule has 1 fully saturated rings. The summed E-state index contributed by atoms with van der Waals surface area (Å²) >= 11 is 6.09. The van der Waals surface area contributed by atoms with E-state index in [-0.39, 0.29) is 5.75 Å². The zero-order valence-corrected chi connectivity index (χ0v) is 17.7. The molecule has 1 aromatic heterocycles. The van der Waals surface area contributed by atoms with Gasteiger partial charge in [0.25, 0.3) is 0 Å². The molecule has 0 unspecified atom stereocenters. The van der Waals surface area contributed by atoms with Crippen LogP contribution in [0.15, 0.2) is 48.5 Å². The zero-order chi connectivity index (χ0) is 22.3. The number of aromatic nitrogens is 2. The minimum absolute atomic E-state index is 0.206. The molecule has 1 aliphatic heterocycles. The molecular weight excluding hydrogens is 441 g/mol. The maximum Gasteiger partial charge on any atom is 0.573 e. The van der Waals surface area contributed by atoms with Crippen LogP contribution in [0.25, 0.3) is 0 Å². The normalized spacial score (nSPS) is 15.9. The van der Waals surface area contributed by atoms with Crippen LogP contribution in [0.1, 0.15) is 35.7 Å². The Morgan fingerprint density at radius 2 is 1.88 bits per heavy atom. The van der Waals surface area contributed by atoms with Gasteiger partial charge in [-0.1, -0.05) is 23.7 Å². The van der Waals surface area contributed by atoms with E-state index in [1.165, 1.54) is 12.1 Å². The molecule has 166 valence electrons. The van der Waals surface area contributed by atoms with Crippen molar-refractivity contribution in [2.24, 2.45) is 0 Å². The number of alkyl halides is 3. The molecule has 1 N–H and O–H groups in total. The second-order valence-corrected chi connectivity index (χ2v) is 8.47. The average molecular weight is 461 g/mol. The Hall–Kier alpha value is -3.00. The number of nitrogens with zero attached hydrogens (tertiary/aromatic N) is 3. The van der Waals surface area contributed by atoms with E-state index >= 15 is 0 Å². The molecule has 32 heavy (non-hydrogen) atoms. The molecule has 0 bridgehead atoms. The van der Waals surface area contributed by atoms with Gasteiger partial charge in [0.05, 0.1) is 0 Å². The third-order valence-corrected chi connectivity index (χ3v) is 5.75. The predicted octanol–water partition coefficient (Wildman–Crippen LogP) is 6.21. The van der Waals surface area contributed by atoms with Gasteiger partial charge in [-0.05, 0) is 60.7 Å². The number of halogens is 4. The number of anilines is 3. The van der Waals surface area contributed by atoms with Gasteiger partial charge in [0.15, 0.2) is 0 Å². The Morgan fingerprint density at radius 1 is 1.03 bits per heavy atom. The molecule has 0 atom stereocenters. The minimum atomic E-state index is -4.71. The molecule has 2 aliphatic rings. The highest BCUT2D eigenvalue weighted by atomic mass is 35.5. The highest BCUT2D eigenvalue weighted by Gasteiger charge is 2.32. The number of nitrogens with one attached hydrogen (secondary N) is 1. The third kappa shape index (κ3) is 4.91. The topological polar surface area (TPSA) is 50.3 Å². The van der Waals surface area contributed by atoms with E-state index in [1.54, 1.807) is 12.1 Å². The fraction of sp³-hybridized carbons (Fsp3) is 0.304. The van der Waals surface area contributed by atoms with Crippen molar-refractivity contribution in [3.05, 3.63) is 70.5 Å². The summed E-state index contributed by atoms with van der Waals surface area (Å²) in [6, 6.07) is 13.8. The molecule has 3 aromatic rings. The van der Waals surface area contributed by atoms with E-state index in [9.17, 15) is 13.2 Å². The molecular formula is C23H20ClF3N4O. The fourth-order valence-corrected chi connectivity index (χ4v) is 4.03. The molecule has 0 spiro atoms. The van der Waals surface area contributed by atoms with Crippen LogP contribution in [0.3, 0.4) is 0 Å². The quantitative estimate of drug-likeness (QED) is 0.490. The van der Waals surface area contributed by atoms with Gasteiger partial charge in [-0.2, -0.15) is 0 Å². The second kappa shape index (κ2) is 8.16. The van der Waals surface area contributed by atoms with Gasteiger partial charge in [0.2, 0.25) is 0 Å². The summed E-state index contributed by atoms with van der Waals surface area (Å²) in [6.45, 7) is 1.16. The Balaban J connectivity index is 1.42. The monoisotopic (exact) mass is 460 g/mol. The molecule has 0 saturated heterocycles. The predicted molar refractivity (Wildman–Crippen MR) is 117 cm³/mol. The first kappa shape index (κ1) is 20.9. The summed E-state index contributed by atoms with van der Waals surface area (Å²) in [7, 11) is 0. The van der Waals surface area contributed by atoms with E-state index in [2.05, 4.69) is 19.9 Å². The van der Waals surface area contributed by atoms with Crippen molar-refractivity contribution >= 4 is 28.9 Å². The SMILES string of the molecule is FC(F)(F)Oc1ccc2c(c1)CN(c1cc(Nc3cccc(Cl)c3)nc(C3CC3)n1)CC2. The first-order valence-corrected chi connectivity index (χ1v) is 10.7. The lowest BCUT2D eigenvalue weighted by Gasteiger charge is -2.30. The first-order chi connectivity index (χ1) is 15.3. The highest BCUT2D eigenvalue weighted by molar-refractivity contribution is 6.30. The molecule has 1 saturated carbocycles. The summed E-state index contributed by atoms with van der Waals surface area (Å²) in [6.07, 6.45) is -1.89. The molecule has 1 aliphatic carbocycles. The lowest BCUT2D eigenvalue weighted by Crippen LogP contribution is -2.31. The van der Waals surface area contributed by atoms with Crippen molar-refractivity contribution in [1.82, 2.24) is 9.97 Å². The highest BCUT2D eigenvalue weighted by Crippen LogP contribution is 2.40. The fourth-order valence-electron chi connectivity index (χ4n) is 3.84. The van der Waals surface area contributed by atoms with E-state index < -0.39 is 6.36 Å². The first-order valence-electron chi connectivity index (χ1n) is 10.4.